The van der Waals surface area contributed by atoms with Gasteiger partial charge in [-0.15, -0.1) is 0 Å². The molecule has 0 fully saturated rings. The Morgan fingerprint density at radius 2 is 1.95 bits per heavy atom. The molecule has 0 aliphatic carbocycles. The van der Waals surface area contributed by atoms with Crippen LogP contribution >= 0.6 is 23.2 Å². The van der Waals surface area contributed by atoms with Crippen molar-refractivity contribution in [3.8, 4) is 0 Å². The molecular formula is C14H9Cl2FN2O. The zero-order valence-corrected chi connectivity index (χ0v) is 11.6. The lowest BCUT2D eigenvalue weighted by Gasteiger charge is -2.00. The van der Waals surface area contributed by atoms with Crippen LogP contribution in [0.15, 0.2) is 47.6 Å². The Balaban J connectivity index is 2.02. The minimum Gasteiger partial charge on any atom is -0.267 e. The van der Waals surface area contributed by atoms with Crippen LogP contribution in [0.1, 0.15) is 15.9 Å². The number of hydrogen-bond acceptors (Lipinski definition) is 2. The monoisotopic (exact) mass is 310 g/mol. The Bertz CT molecular complexity index is 674. The summed E-state index contributed by atoms with van der Waals surface area (Å²) in [6.07, 6.45) is 1.42. The van der Waals surface area contributed by atoms with Crippen molar-refractivity contribution in [1.29, 1.82) is 0 Å². The molecule has 2 rings (SSSR count). The zero-order valence-electron chi connectivity index (χ0n) is 10.1. The number of hydrazone groups is 1. The molecule has 0 aliphatic rings. The van der Waals surface area contributed by atoms with Gasteiger partial charge in [-0.1, -0.05) is 35.3 Å². The number of rotatable bonds is 3. The van der Waals surface area contributed by atoms with Gasteiger partial charge in [0.25, 0.3) is 5.91 Å². The predicted octanol–water partition coefficient (Wildman–Crippen LogP) is 3.90. The molecule has 0 aromatic heterocycles. The number of halogens is 3. The highest BCUT2D eigenvalue weighted by Crippen LogP contribution is 2.21. The van der Waals surface area contributed by atoms with Gasteiger partial charge in [0.1, 0.15) is 5.82 Å². The molecule has 3 nitrogen and oxygen atoms in total. The van der Waals surface area contributed by atoms with Crippen molar-refractivity contribution in [1.82, 2.24) is 5.43 Å². The second kappa shape index (κ2) is 6.50. The molecule has 2 aromatic rings. The first-order valence-corrected chi connectivity index (χ1v) is 6.36. The van der Waals surface area contributed by atoms with E-state index in [9.17, 15) is 9.18 Å². The van der Waals surface area contributed by atoms with Gasteiger partial charge >= 0.3 is 0 Å². The van der Waals surface area contributed by atoms with E-state index in [4.69, 9.17) is 23.2 Å². The average Bonchev–Trinajstić information content (AvgIpc) is 2.42. The fourth-order valence-electron chi connectivity index (χ4n) is 1.45. The van der Waals surface area contributed by atoms with Crippen LogP contribution in [-0.2, 0) is 0 Å². The van der Waals surface area contributed by atoms with Crippen LogP contribution < -0.4 is 5.43 Å². The lowest BCUT2D eigenvalue weighted by Crippen LogP contribution is -2.17. The van der Waals surface area contributed by atoms with Crippen LogP contribution in [0, 0.1) is 5.82 Å². The second-order valence-corrected chi connectivity index (χ2v) is 4.70. The average molecular weight is 311 g/mol. The van der Waals surface area contributed by atoms with Crippen LogP contribution in [-0.4, -0.2) is 12.1 Å². The van der Waals surface area contributed by atoms with Gasteiger partial charge in [0.2, 0.25) is 0 Å². The Hall–Kier alpha value is -1.91. The molecule has 102 valence electrons. The number of nitrogens with one attached hydrogen (secondary N) is 1. The van der Waals surface area contributed by atoms with Gasteiger partial charge in [0, 0.05) is 5.56 Å². The van der Waals surface area contributed by atoms with Crippen LogP contribution in [0.3, 0.4) is 0 Å². The number of carbonyl (C=O) groups is 1. The van der Waals surface area contributed by atoms with Crippen molar-refractivity contribution >= 4 is 35.3 Å². The highest BCUT2D eigenvalue weighted by molar-refractivity contribution is 6.42. The lowest BCUT2D eigenvalue weighted by atomic mass is 10.2. The molecular weight excluding hydrogens is 302 g/mol. The summed E-state index contributed by atoms with van der Waals surface area (Å²) in [5.41, 5.74) is 3.17. The molecule has 0 atom stereocenters. The second-order valence-electron chi connectivity index (χ2n) is 3.88. The third-order valence-electron chi connectivity index (χ3n) is 2.41. The van der Waals surface area contributed by atoms with E-state index < -0.39 is 11.7 Å². The van der Waals surface area contributed by atoms with Gasteiger partial charge < -0.3 is 0 Å². The van der Waals surface area contributed by atoms with Gasteiger partial charge in [-0.3, -0.25) is 4.79 Å². The largest absolute Gasteiger partial charge is 0.271 e. The van der Waals surface area contributed by atoms with Crippen molar-refractivity contribution < 1.29 is 9.18 Å². The Morgan fingerprint density at radius 3 is 2.65 bits per heavy atom. The molecule has 0 unspecified atom stereocenters. The molecule has 0 saturated carbocycles. The quantitative estimate of drug-likeness (QED) is 0.678. The van der Waals surface area contributed by atoms with Gasteiger partial charge in [-0.05, 0) is 35.9 Å². The zero-order chi connectivity index (χ0) is 14.5. The molecule has 0 aliphatic heterocycles. The number of benzene rings is 2. The van der Waals surface area contributed by atoms with E-state index in [0.717, 1.165) is 6.07 Å². The fourth-order valence-corrected chi connectivity index (χ4v) is 1.76. The van der Waals surface area contributed by atoms with Crippen LogP contribution in [0.2, 0.25) is 10.0 Å². The minimum atomic E-state index is -0.499. The first kappa shape index (κ1) is 14.5. The molecule has 0 heterocycles. The summed E-state index contributed by atoms with van der Waals surface area (Å²) in [5.74, 6) is -0.980. The van der Waals surface area contributed by atoms with E-state index in [-0.39, 0.29) is 5.56 Å². The van der Waals surface area contributed by atoms with E-state index in [0.29, 0.717) is 15.6 Å². The van der Waals surface area contributed by atoms with Crippen LogP contribution in [0.5, 0.6) is 0 Å². The molecule has 20 heavy (non-hydrogen) atoms. The number of hydrogen-bond donors (Lipinski definition) is 1. The van der Waals surface area contributed by atoms with Crippen molar-refractivity contribution in [3.63, 3.8) is 0 Å². The molecule has 0 bridgehead atoms. The lowest BCUT2D eigenvalue weighted by molar-refractivity contribution is 0.0954. The van der Waals surface area contributed by atoms with E-state index in [1.54, 1.807) is 18.2 Å². The Labute approximate surface area is 125 Å². The smallest absolute Gasteiger partial charge is 0.267 e. The highest BCUT2D eigenvalue weighted by atomic mass is 35.5. The summed E-state index contributed by atoms with van der Waals surface area (Å²) in [4.78, 5) is 11.7. The van der Waals surface area contributed by atoms with Crippen LogP contribution in [0.4, 0.5) is 4.39 Å². The molecule has 0 radical (unpaired) electrons. The van der Waals surface area contributed by atoms with Gasteiger partial charge in [0.05, 0.1) is 16.3 Å². The van der Waals surface area contributed by atoms with E-state index in [1.165, 1.54) is 24.4 Å². The molecule has 1 N–H and O–H groups in total. The van der Waals surface area contributed by atoms with Crippen molar-refractivity contribution in [2.24, 2.45) is 5.10 Å². The van der Waals surface area contributed by atoms with Gasteiger partial charge in [-0.2, -0.15) is 5.10 Å². The summed E-state index contributed by atoms with van der Waals surface area (Å²) in [6, 6.07) is 10.3. The van der Waals surface area contributed by atoms with Crippen LogP contribution in [0.25, 0.3) is 0 Å². The fraction of sp³-hybridized carbons (Fsp3) is 0. The number of amides is 1. The third kappa shape index (κ3) is 3.79. The molecule has 6 heteroatoms. The molecule has 2 aromatic carbocycles. The maximum absolute atomic E-state index is 13.0. The van der Waals surface area contributed by atoms with E-state index in [2.05, 4.69) is 10.5 Å². The maximum atomic E-state index is 13.0. The van der Waals surface area contributed by atoms with Crippen molar-refractivity contribution in [2.45, 2.75) is 0 Å². The topological polar surface area (TPSA) is 41.5 Å². The summed E-state index contributed by atoms with van der Waals surface area (Å²) in [6.45, 7) is 0. The SMILES string of the molecule is O=C(N/N=C\c1ccc(Cl)c(Cl)c1)c1cccc(F)c1. The predicted molar refractivity (Wildman–Crippen MR) is 77.9 cm³/mol. The Morgan fingerprint density at radius 1 is 1.15 bits per heavy atom. The van der Waals surface area contributed by atoms with E-state index >= 15 is 0 Å². The van der Waals surface area contributed by atoms with Gasteiger partial charge in [-0.25, -0.2) is 9.82 Å². The molecule has 0 saturated heterocycles. The number of nitrogens with zero attached hydrogens (tertiary/aromatic N) is 1. The maximum Gasteiger partial charge on any atom is 0.271 e. The van der Waals surface area contributed by atoms with E-state index in [1.807, 2.05) is 0 Å². The minimum absolute atomic E-state index is 0.191. The number of carbonyl (C=O) groups excluding carboxylic acids is 1. The van der Waals surface area contributed by atoms with Crippen molar-refractivity contribution in [2.75, 3.05) is 0 Å². The summed E-state index contributed by atoms with van der Waals surface area (Å²) < 4.78 is 13.0. The van der Waals surface area contributed by atoms with Crippen molar-refractivity contribution in [3.05, 3.63) is 69.5 Å². The molecule has 0 spiro atoms. The highest BCUT2D eigenvalue weighted by Gasteiger charge is 2.04. The standard InChI is InChI=1S/C14H9Cl2FN2O/c15-12-5-4-9(6-13(12)16)8-18-19-14(20)10-2-1-3-11(17)7-10/h1-8H,(H,19,20)/b18-8-. The summed E-state index contributed by atoms with van der Waals surface area (Å²) in [5, 5.41) is 4.60. The summed E-state index contributed by atoms with van der Waals surface area (Å²) >= 11 is 11.6. The first-order chi connectivity index (χ1) is 9.56. The summed E-state index contributed by atoms with van der Waals surface area (Å²) in [7, 11) is 0. The van der Waals surface area contributed by atoms with Gasteiger partial charge in [0.15, 0.2) is 0 Å². The Kier molecular flexibility index (Phi) is 4.71. The normalized spacial score (nSPS) is 10.8. The molecule has 1 amide bonds. The first-order valence-electron chi connectivity index (χ1n) is 5.60. The third-order valence-corrected chi connectivity index (χ3v) is 3.15.